The molecule has 0 bridgehead atoms. The minimum atomic E-state index is -1.12. The Balaban J connectivity index is 1.48. The van der Waals surface area contributed by atoms with Crippen molar-refractivity contribution in [2.75, 3.05) is 27.3 Å². The molecule has 1 fully saturated rings. The third-order valence-electron chi connectivity index (χ3n) is 5.87. The lowest BCUT2D eigenvalue weighted by Gasteiger charge is -2.32. The van der Waals surface area contributed by atoms with E-state index in [1.54, 1.807) is 20.3 Å². The number of benzene rings is 2. The summed E-state index contributed by atoms with van der Waals surface area (Å²) >= 11 is 0. The summed E-state index contributed by atoms with van der Waals surface area (Å²) < 4.78 is 51.9. The fourth-order valence-electron chi connectivity index (χ4n) is 4.08. The molecular formula is C24H29F3N2O3. The van der Waals surface area contributed by atoms with Gasteiger partial charge in [0.15, 0.2) is 11.6 Å². The molecule has 32 heavy (non-hydrogen) atoms. The highest BCUT2D eigenvalue weighted by Gasteiger charge is 2.23. The van der Waals surface area contributed by atoms with Crippen LogP contribution in [0, 0.1) is 23.4 Å². The smallest absolute Gasteiger partial charge is 0.220 e. The first kappa shape index (κ1) is 23.9. The van der Waals surface area contributed by atoms with Gasteiger partial charge in [-0.2, -0.15) is 0 Å². The number of hydrogen-bond donors (Lipinski definition) is 1. The lowest BCUT2D eigenvalue weighted by Crippen LogP contribution is -2.36. The molecule has 2 aromatic rings. The molecule has 0 aromatic heterocycles. The first-order chi connectivity index (χ1) is 15.4. The van der Waals surface area contributed by atoms with Crippen LogP contribution >= 0.6 is 0 Å². The third kappa shape index (κ3) is 6.16. The highest BCUT2D eigenvalue weighted by molar-refractivity contribution is 5.75. The standard InChI is InChI=1S/C24H29F3N2O3/c1-31-18-7-6-17(22(12-18)32-2)13-28-23(30)10-5-16-4-3-11-29(14-16)15-19-20(25)8-9-21(26)24(19)27/h6-9,12,16H,3-5,10-11,13-15H2,1-2H3,(H,28,30)/t16-/m0/s1. The van der Waals surface area contributed by atoms with E-state index in [-0.39, 0.29) is 23.9 Å². The summed E-state index contributed by atoms with van der Waals surface area (Å²) in [6.45, 7) is 1.68. The van der Waals surface area contributed by atoms with Crippen molar-refractivity contribution in [2.24, 2.45) is 5.92 Å². The summed E-state index contributed by atoms with van der Waals surface area (Å²) in [5.74, 6) is -1.41. The molecule has 0 saturated carbocycles. The number of amides is 1. The van der Waals surface area contributed by atoms with Crippen LogP contribution in [0.4, 0.5) is 13.2 Å². The molecule has 8 heteroatoms. The van der Waals surface area contributed by atoms with Crippen LogP contribution in [0.5, 0.6) is 11.5 Å². The maximum atomic E-state index is 14.0. The molecule has 1 N–H and O–H groups in total. The number of ether oxygens (including phenoxy) is 2. The second-order valence-corrected chi connectivity index (χ2v) is 8.06. The predicted molar refractivity (Wildman–Crippen MR) is 115 cm³/mol. The molecule has 174 valence electrons. The normalized spacial score (nSPS) is 16.6. The topological polar surface area (TPSA) is 50.8 Å². The van der Waals surface area contributed by atoms with Crippen molar-refractivity contribution in [2.45, 2.75) is 38.8 Å². The maximum absolute atomic E-state index is 14.0. The summed E-state index contributed by atoms with van der Waals surface area (Å²) in [6.07, 6.45) is 2.86. The molecule has 0 spiro atoms. The summed E-state index contributed by atoms with van der Waals surface area (Å²) in [5.41, 5.74) is 0.612. The van der Waals surface area contributed by atoms with Crippen molar-refractivity contribution in [3.05, 3.63) is 58.9 Å². The lowest BCUT2D eigenvalue weighted by atomic mass is 9.93. The molecule has 5 nitrogen and oxygen atoms in total. The Hall–Kier alpha value is -2.74. The Bertz CT molecular complexity index is 939. The van der Waals surface area contributed by atoms with E-state index < -0.39 is 17.5 Å². The second kappa shape index (κ2) is 11.2. The molecule has 1 amide bonds. The van der Waals surface area contributed by atoms with E-state index in [4.69, 9.17) is 9.47 Å². The van der Waals surface area contributed by atoms with Crippen molar-refractivity contribution >= 4 is 5.91 Å². The van der Waals surface area contributed by atoms with Gasteiger partial charge in [-0.05, 0) is 56.0 Å². The van der Waals surface area contributed by atoms with Crippen LogP contribution in [0.15, 0.2) is 30.3 Å². The van der Waals surface area contributed by atoms with Crippen molar-refractivity contribution in [1.29, 1.82) is 0 Å². The van der Waals surface area contributed by atoms with Gasteiger partial charge in [-0.25, -0.2) is 13.2 Å². The van der Waals surface area contributed by atoms with Gasteiger partial charge in [0.1, 0.15) is 17.3 Å². The van der Waals surface area contributed by atoms with Gasteiger partial charge in [0.05, 0.1) is 14.2 Å². The van der Waals surface area contributed by atoms with E-state index in [0.717, 1.165) is 30.5 Å². The molecule has 3 rings (SSSR count). The highest BCUT2D eigenvalue weighted by atomic mass is 19.2. The zero-order chi connectivity index (χ0) is 23.1. The summed E-state index contributed by atoms with van der Waals surface area (Å²) in [7, 11) is 3.14. The van der Waals surface area contributed by atoms with Gasteiger partial charge < -0.3 is 14.8 Å². The minimum Gasteiger partial charge on any atom is -0.497 e. The summed E-state index contributed by atoms with van der Waals surface area (Å²) in [4.78, 5) is 14.3. The summed E-state index contributed by atoms with van der Waals surface area (Å²) in [5, 5.41) is 2.91. The van der Waals surface area contributed by atoms with Gasteiger partial charge in [-0.15, -0.1) is 0 Å². The second-order valence-electron chi connectivity index (χ2n) is 8.06. The van der Waals surface area contributed by atoms with Crippen LogP contribution in [0.2, 0.25) is 0 Å². The van der Waals surface area contributed by atoms with E-state index in [2.05, 4.69) is 5.32 Å². The number of nitrogens with zero attached hydrogens (tertiary/aromatic N) is 1. The fourth-order valence-corrected chi connectivity index (χ4v) is 4.08. The number of likely N-dealkylation sites (tertiary alicyclic amines) is 1. The van der Waals surface area contributed by atoms with Crippen LogP contribution in [0.1, 0.15) is 36.8 Å². The third-order valence-corrected chi connectivity index (χ3v) is 5.87. The molecule has 1 aliphatic rings. The number of carbonyl (C=O) groups excluding carboxylic acids is 1. The molecule has 1 atom stereocenters. The van der Waals surface area contributed by atoms with Crippen molar-refractivity contribution in [3.8, 4) is 11.5 Å². The molecule has 0 unspecified atom stereocenters. The zero-order valence-corrected chi connectivity index (χ0v) is 18.4. The molecule has 1 aliphatic heterocycles. The number of hydrogen-bond acceptors (Lipinski definition) is 4. The highest BCUT2D eigenvalue weighted by Crippen LogP contribution is 2.26. The van der Waals surface area contributed by atoms with E-state index in [9.17, 15) is 18.0 Å². The van der Waals surface area contributed by atoms with Gasteiger partial charge in [0.25, 0.3) is 0 Å². The van der Waals surface area contributed by atoms with Gasteiger partial charge in [-0.1, -0.05) is 0 Å². The largest absolute Gasteiger partial charge is 0.497 e. The average Bonchev–Trinajstić information content (AvgIpc) is 2.81. The molecular weight excluding hydrogens is 421 g/mol. The van der Waals surface area contributed by atoms with Gasteiger partial charge in [0, 0.05) is 43.2 Å². The summed E-state index contributed by atoms with van der Waals surface area (Å²) in [6, 6.07) is 7.18. The Morgan fingerprint density at radius 1 is 1.12 bits per heavy atom. The predicted octanol–water partition coefficient (Wildman–Crippen LogP) is 4.43. The number of nitrogens with one attached hydrogen (secondary N) is 1. The van der Waals surface area contributed by atoms with Crippen molar-refractivity contribution in [3.63, 3.8) is 0 Å². The van der Waals surface area contributed by atoms with Crippen LogP contribution in [0.3, 0.4) is 0 Å². The lowest BCUT2D eigenvalue weighted by molar-refractivity contribution is -0.121. The minimum absolute atomic E-state index is 0.0232. The fraction of sp³-hybridized carbons (Fsp3) is 0.458. The van der Waals surface area contributed by atoms with Crippen molar-refractivity contribution < 1.29 is 27.4 Å². The van der Waals surface area contributed by atoms with Gasteiger partial charge >= 0.3 is 0 Å². The number of methoxy groups -OCH3 is 2. The molecule has 1 heterocycles. The Labute approximate surface area is 186 Å². The number of halogens is 3. The van der Waals surface area contributed by atoms with Gasteiger partial charge in [0.2, 0.25) is 5.91 Å². The molecule has 0 aliphatic carbocycles. The number of rotatable bonds is 9. The van der Waals surface area contributed by atoms with Crippen LogP contribution in [-0.2, 0) is 17.9 Å². The molecule has 0 radical (unpaired) electrons. The van der Waals surface area contributed by atoms with Gasteiger partial charge in [-0.3, -0.25) is 9.69 Å². The maximum Gasteiger partial charge on any atom is 0.220 e. The molecule has 2 aromatic carbocycles. The van der Waals surface area contributed by atoms with Crippen LogP contribution < -0.4 is 14.8 Å². The van der Waals surface area contributed by atoms with Crippen molar-refractivity contribution in [1.82, 2.24) is 10.2 Å². The first-order valence-electron chi connectivity index (χ1n) is 10.7. The first-order valence-corrected chi connectivity index (χ1v) is 10.7. The molecule has 1 saturated heterocycles. The average molecular weight is 451 g/mol. The van der Waals surface area contributed by atoms with E-state index >= 15 is 0 Å². The Kier molecular flexibility index (Phi) is 8.39. The quantitative estimate of drug-likeness (QED) is 0.575. The SMILES string of the molecule is COc1ccc(CNC(=O)CC[C@@H]2CCCN(Cc3c(F)ccc(F)c3F)C2)c(OC)c1. The van der Waals surface area contributed by atoms with Crippen LogP contribution in [-0.4, -0.2) is 38.1 Å². The Morgan fingerprint density at radius 2 is 1.91 bits per heavy atom. The van der Waals surface area contributed by atoms with Crippen LogP contribution in [0.25, 0.3) is 0 Å². The zero-order valence-electron chi connectivity index (χ0n) is 18.4. The number of piperidine rings is 1. The Morgan fingerprint density at radius 3 is 2.66 bits per heavy atom. The van der Waals surface area contributed by atoms with E-state index in [1.165, 1.54) is 0 Å². The van der Waals surface area contributed by atoms with E-state index in [1.807, 2.05) is 17.0 Å². The van der Waals surface area contributed by atoms with E-state index in [0.29, 0.717) is 44.0 Å². The number of carbonyl (C=O) groups is 1. The monoisotopic (exact) mass is 450 g/mol.